The fourth-order valence-corrected chi connectivity index (χ4v) is 4.15. The van der Waals surface area contributed by atoms with E-state index in [4.69, 9.17) is 4.98 Å². The van der Waals surface area contributed by atoms with Gasteiger partial charge in [0.05, 0.1) is 5.69 Å². The van der Waals surface area contributed by atoms with Crippen LogP contribution < -0.4 is 5.32 Å². The third kappa shape index (κ3) is 3.11. The van der Waals surface area contributed by atoms with Crippen LogP contribution in [0.2, 0.25) is 0 Å². The molecule has 1 saturated heterocycles. The summed E-state index contributed by atoms with van der Waals surface area (Å²) in [5.74, 6) is 2.50. The Bertz CT molecular complexity index is 805. The lowest BCUT2D eigenvalue weighted by Gasteiger charge is -2.41. The van der Waals surface area contributed by atoms with Gasteiger partial charge in [-0.1, -0.05) is 6.07 Å². The molecule has 136 valence electrons. The number of piperidine rings is 1. The predicted molar refractivity (Wildman–Crippen MR) is 95.3 cm³/mol. The minimum absolute atomic E-state index is 0.0640. The van der Waals surface area contributed by atoms with Crippen LogP contribution in [-0.4, -0.2) is 49.2 Å². The molecule has 0 radical (unpaired) electrons. The average Bonchev–Trinajstić information content (AvgIpc) is 3.43. The molecule has 0 bridgehead atoms. The van der Waals surface area contributed by atoms with Crippen molar-refractivity contribution in [3.8, 4) is 0 Å². The summed E-state index contributed by atoms with van der Waals surface area (Å²) in [5.41, 5.74) is 0.918. The van der Waals surface area contributed by atoms with Crippen LogP contribution in [0.1, 0.15) is 48.9 Å². The molecule has 7 heteroatoms. The van der Waals surface area contributed by atoms with Crippen molar-refractivity contribution in [1.29, 1.82) is 0 Å². The number of hydrogen-bond donors (Lipinski definition) is 1. The Morgan fingerprint density at radius 2 is 2.08 bits per heavy atom. The Morgan fingerprint density at radius 3 is 2.81 bits per heavy atom. The predicted octanol–water partition coefficient (Wildman–Crippen LogP) is 1.26. The van der Waals surface area contributed by atoms with Gasteiger partial charge in [0, 0.05) is 43.7 Å². The van der Waals surface area contributed by atoms with Crippen LogP contribution in [-0.2, 0) is 24.3 Å². The van der Waals surface area contributed by atoms with E-state index in [1.165, 1.54) is 12.8 Å². The number of amides is 1. The van der Waals surface area contributed by atoms with Gasteiger partial charge >= 0.3 is 0 Å². The third-order valence-corrected chi connectivity index (χ3v) is 5.83. The summed E-state index contributed by atoms with van der Waals surface area (Å²) in [6, 6.07) is 6.05. The Kier molecular flexibility index (Phi) is 3.77. The molecule has 7 nitrogen and oxygen atoms in total. The summed E-state index contributed by atoms with van der Waals surface area (Å²) in [6.07, 6.45) is 6.88. The van der Waals surface area contributed by atoms with E-state index in [1.54, 1.807) is 0 Å². The van der Waals surface area contributed by atoms with Crippen molar-refractivity contribution in [3.63, 3.8) is 0 Å². The lowest BCUT2D eigenvalue weighted by atomic mass is 9.84. The van der Waals surface area contributed by atoms with Gasteiger partial charge in [-0.25, -0.2) is 9.67 Å². The van der Waals surface area contributed by atoms with Crippen LogP contribution in [0, 0.1) is 0 Å². The van der Waals surface area contributed by atoms with Crippen LogP contribution in [0.15, 0.2) is 24.4 Å². The van der Waals surface area contributed by atoms with Crippen molar-refractivity contribution in [1.82, 2.24) is 30.0 Å². The Labute approximate surface area is 152 Å². The highest BCUT2D eigenvalue weighted by Gasteiger charge is 2.40. The molecule has 2 aromatic heterocycles. The van der Waals surface area contributed by atoms with Gasteiger partial charge in [-0.15, -0.1) is 0 Å². The van der Waals surface area contributed by atoms with Crippen LogP contribution in [0.3, 0.4) is 0 Å². The van der Waals surface area contributed by atoms with E-state index in [2.05, 4.69) is 26.4 Å². The molecule has 1 N–H and O–H groups in total. The fourth-order valence-electron chi connectivity index (χ4n) is 4.15. The quantitative estimate of drug-likeness (QED) is 0.900. The number of likely N-dealkylation sites (tertiary alicyclic amines) is 1. The van der Waals surface area contributed by atoms with Gasteiger partial charge in [0.25, 0.3) is 0 Å². The Morgan fingerprint density at radius 1 is 1.23 bits per heavy atom. The van der Waals surface area contributed by atoms with Gasteiger partial charge in [0.1, 0.15) is 12.4 Å². The summed E-state index contributed by atoms with van der Waals surface area (Å²) < 4.78 is 1.83. The Balaban J connectivity index is 1.30. The fraction of sp³-hybridized carbons (Fsp3) is 0.579. The van der Waals surface area contributed by atoms with Gasteiger partial charge in [-0.3, -0.25) is 14.7 Å². The Hall–Kier alpha value is -2.28. The molecule has 2 aromatic rings. The van der Waals surface area contributed by atoms with Crippen molar-refractivity contribution in [2.24, 2.45) is 0 Å². The highest BCUT2D eigenvalue weighted by Crippen LogP contribution is 2.38. The summed E-state index contributed by atoms with van der Waals surface area (Å²) in [5, 5.41) is 7.89. The maximum absolute atomic E-state index is 12.5. The largest absolute Gasteiger partial charge is 0.349 e. The van der Waals surface area contributed by atoms with Crippen molar-refractivity contribution < 1.29 is 4.79 Å². The monoisotopic (exact) mass is 352 g/mol. The van der Waals surface area contributed by atoms with Gasteiger partial charge in [-0.2, -0.15) is 5.10 Å². The smallest absolute Gasteiger partial charge is 0.242 e. The molecule has 1 saturated carbocycles. The van der Waals surface area contributed by atoms with E-state index in [0.29, 0.717) is 12.5 Å². The van der Waals surface area contributed by atoms with Crippen molar-refractivity contribution in [2.75, 3.05) is 13.1 Å². The van der Waals surface area contributed by atoms with Gasteiger partial charge in [0.15, 0.2) is 5.82 Å². The van der Waals surface area contributed by atoms with E-state index in [1.807, 2.05) is 23.0 Å². The summed E-state index contributed by atoms with van der Waals surface area (Å²) in [7, 11) is 0. The highest BCUT2D eigenvalue weighted by atomic mass is 16.2. The summed E-state index contributed by atoms with van der Waals surface area (Å²) in [4.78, 5) is 24.1. The second-order valence-electron chi connectivity index (χ2n) is 7.92. The van der Waals surface area contributed by atoms with E-state index < -0.39 is 0 Å². The first kappa shape index (κ1) is 15.9. The molecule has 2 fully saturated rings. The minimum Gasteiger partial charge on any atom is -0.349 e. The molecule has 1 spiro atoms. The van der Waals surface area contributed by atoms with Crippen molar-refractivity contribution >= 4 is 5.91 Å². The molecule has 1 amide bonds. The first-order valence-electron chi connectivity index (χ1n) is 9.56. The third-order valence-electron chi connectivity index (χ3n) is 5.83. The molecule has 3 aliphatic rings. The molecule has 0 atom stereocenters. The van der Waals surface area contributed by atoms with E-state index in [0.717, 1.165) is 56.2 Å². The number of carbonyl (C=O) groups excluding carboxylic acids is 1. The summed E-state index contributed by atoms with van der Waals surface area (Å²) >= 11 is 0. The van der Waals surface area contributed by atoms with Crippen molar-refractivity contribution in [2.45, 2.75) is 56.7 Å². The minimum atomic E-state index is -0.181. The number of nitrogens with zero attached hydrogens (tertiary/aromatic N) is 5. The van der Waals surface area contributed by atoms with Crippen LogP contribution in [0.4, 0.5) is 0 Å². The van der Waals surface area contributed by atoms with Gasteiger partial charge < -0.3 is 5.32 Å². The van der Waals surface area contributed by atoms with Gasteiger partial charge in [-0.05, 0) is 37.8 Å². The molecule has 26 heavy (non-hydrogen) atoms. The highest BCUT2D eigenvalue weighted by molar-refractivity contribution is 5.77. The standard InChI is InChI=1S/C19H24N6O/c26-17-13-25-16(21-18(23-25)14-4-5-14)11-19(22-17)6-9-24(10-7-19)12-15-3-1-2-8-20-15/h1-3,8,14H,4-7,9-13H2,(H,22,26). The van der Waals surface area contributed by atoms with E-state index in [9.17, 15) is 4.79 Å². The first-order chi connectivity index (χ1) is 12.7. The molecular weight excluding hydrogens is 328 g/mol. The van der Waals surface area contributed by atoms with Crippen LogP contribution in [0.5, 0.6) is 0 Å². The topological polar surface area (TPSA) is 75.9 Å². The molecule has 2 aliphatic heterocycles. The zero-order valence-electron chi connectivity index (χ0n) is 14.9. The van der Waals surface area contributed by atoms with Gasteiger partial charge in [0.2, 0.25) is 5.91 Å². The van der Waals surface area contributed by atoms with Crippen LogP contribution in [0.25, 0.3) is 0 Å². The number of pyridine rings is 1. The number of fused-ring (bicyclic) bond motifs is 1. The molecule has 0 unspecified atom stereocenters. The number of nitrogens with one attached hydrogen (secondary N) is 1. The second kappa shape index (κ2) is 6.16. The number of carbonyl (C=O) groups is 1. The number of aromatic nitrogens is 4. The maximum atomic E-state index is 12.5. The second-order valence-corrected chi connectivity index (χ2v) is 7.92. The number of rotatable bonds is 3. The first-order valence-corrected chi connectivity index (χ1v) is 9.56. The molecule has 4 heterocycles. The van der Waals surface area contributed by atoms with E-state index >= 15 is 0 Å². The molecular formula is C19H24N6O. The lowest BCUT2D eigenvalue weighted by Crippen LogP contribution is -2.56. The van der Waals surface area contributed by atoms with Crippen LogP contribution >= 0.6 is 0 Å². The normalized spacial score (nSPS) is 22.7. The lowest BCUT2D eigenvalue weighted by molar-refractivity contribution is -0.123. The van der Waals surface area contributed by atoms with E-state index in [-0.39, 0.29) is 11.4 Å². The zero-order chi connectivity index (χ0) is 17.6. The van der Waals surface area contributed by atoms with Crippen molar-refractivity contribution in [3.05, 3.63) is 41.7 Å². The zero-order valence-corrected chi connectivity index (χ0v) is 14.9. The maximum Gasteiger partial charge on any atom is 0.242 e. The molecule has 0 aromatic carbocycles. The number of hydrogen-bond acceptors (Lipinski definition) is 5. The summed E-state index contributed by atoms with van der Waals surface area (Å²) in [6.45, 7) is 3.09. The SMILES string of the molecule is O=C1Cn2nc(C3CC3)nc2CC2(CCN(Cc3ccccn3)CC2)N1. The molecule has 1 aliphatic carbocycles. The molecule has 5 rings (SSSR count). The average molecular weight is 352 g/mol.